The lowest BCUT2D eigenvalue weighted by Crippen LogP contribution is -2.52. The monoisotopic (exact) mass is 364 g/mol. The fourth-order valence-electron chi connectivity index (χ4n) is 3.29. The molecule has 0 radical (unpaired) electrons. The van der Waals surface area contributed by atoms with E-state index in [4.69, 9.17) is 9.84 Å². The summed E-state index contributed by atoms with van der Waals surface area (Å²) in [5, 5.41) is 42.1. The third-order valence-electron chi connectivity index (χ3n) is 4.69. The van der Waals surface area contributed by atoms with Crippen LogP contribution in [0.15, 0.2) is 72.8 Å². The van der Waals surface area contributed by atoms with Gasteiger partial charge in [-0.2, -0.15) is 0 Å². The van der Waals surface area contributed by atoms with Gasteiger partial charge in [-0.15, -0.1) is 0 Å². The molecule has 0 saturated carbocycles. The Balaban J connectivity index is 1.85. The van der Waals surface area contributed by atoms with Gasteiger partial charge in [0.2, 0.25) is 0 Å². The summed E-state index contributed by atoms with van der Waals surface area (Å²) < 4.78 is 5.47. The molecule has 1 atom stereocenters. The summed E-state index contributed by atoms with van der Waals surface area (Å²) in [6.45, 7) is 0. The summed E-state index contributed by atoms with van der Waals surface area (Å²) in [4.78, 5) is 11.2. The highest BCUT2D eigenvalue weighted by Crippen LogP contribution is 2.49. The zero-order valence-electron chi connectivity index (χ0n) is 14.0. The van der Waals surface area contributed by atoms with Gasteiger partial charge in [-0.05, 0) is 35.4 Å². The lowest BCUT2D eigenvalue weighted by Gasteiger charge is -2.37. The van der Waals surface area contributed by atoms with Crippen LogP contribution in [-0.2, 0) is 11.6 Å². The van der Waals surface area contributed by atoms with Gasteiger partial charge in [-0.3, -0.25) is 0 Å². The van der Waals surface area contributed by atoms with Crippen molar-refractivity contribution >= 4 is 5.97 Å². The fraction of sp³-hybridized carbons (Fsp3) is 0.0952. The van der Waals surface area contributed by atoms with Gasteiger partial charge in [0.1, 0.15) is 5.75 Å². The summed E-state index contributed by atoms with van der Waals surface area (Å²) in [7, 11) is 0. The quantitative estimate of drug-likeness (QED) is 0.530. The zero-order valence-corrected chi connectivity index (χ0v) is 14.0. The number of carboxylic acid groups (broad SMARTS) is 1. The minimum absolute atomic E-state index is 0.142. The molecule has 0 aliphatic carbocycles. The van der Waals surface area contributed by atoms with Crippen LogP contribution in [0.2, 0.25) is 0 Å². The lowest BCUT2D eigenvalue weighted by atomic mass is 9.87. The summed E-state index contributed by atoms with van der Waals surface area (Å²) >= 11 is 0. The highest BCUT2D eigenvalue weighted by molar-refractivity contribution is 5.87. The molecule has 0 spiro atoms. The van der Waals surface area contributed by atoms with Crippen molar-refractivity contribution in [2.75, 3.05) is 0 Å². The number of ether oxygens (including phenoxy) is 1. The van der Waals surface area contributed by atoms with E-state index in [1.807, 2.05) is 30.3 Å². The van der Waals surface area contributed by atoms with Gasteiger partial charge < -0.3 is 25.2 Å². The minimum atomic E-state index is -2.89. The van der Waals surface area contributed by atoms with E-state index in [2.05, 4.69) is 0 Å². The SMILES string of the molecule is O=C(O)c1cccc(C(O)(O)C2(O)Oc3ccc(-c4ccccc4)c2c3)c1. The lowest BCUT2D eigenvalue weighted by molar-refractivity contribution is -0.358. The van der Waals surface area contributed by atoms with E-state index in [1.54, 1.807) is 12.1 Å². The van der Waals surface area contributed by atoms with E-state index >= 15 is 0 Å². The van der Waals surface area contributed by atoms with Crippen LogP contribution in [0, 0.1) is 0 Å². The second kappa shape index (κ2) is 5.92. The molecule has 0 amide bonds. The molecule has 3 aromatic rings. The van der Waals surface area contributed by atoms with Crippen LogP contribution in [0.5, 0.6) is 5.75 Å². The Labute approximate surface area is 154 Å². The van der Waals surface area contributed by atoms with Crippen molar-refractivity contribution in [2.45, 2.75) is 11.6 Å². The first-order chi connectivity index (χ1) is 12.8. The average Bonchev–Trinajstić information content (AvgIpc) is 2.94. The molecular weight excluding hydrogens is 348 g/mol. The molecule has 4 N–H and O–H groups in total. The Morgan fingerprint density at radius 1 is 0.926 bits per heavy atom. The van der Waals surface area contributed by atoms with E-state index in [0.717, 1.165) is 11.6 Å². The van der Waals surface area contributed by atoms with E-state index in [0.29, 0.717) is 5.56 Å². The highest BCUT2D eigenvalue weighted by atomic mass is 16.7. The maximum absolute atomic E-state index is 11.2. The number of benzene rings is 3. The van der Waals surface area contributed by atoms with E-state index < -0.39 is 17.5 Å². The van der Waals surface area contributed by atoms with Crippen molar-refractivity contribution in [2.24, 2.45) is 0 Å². The fourth-order valence-corrected chi connectivity index (χ4v) is 3.29. The molecule has 1 heterocycles. The molecule has 4 rings (SSSR count). The first kappa shape index (κ1) is 17.2. The van der Waals surface area contributed by atoms with Gasteiger partial charge in [-0.1, -0.05) is 48.5 Å². The first-order valence-electron chi connectivity index (χ1n) is 8.23. The first-order valence-corrected chi connectivity index (χ1v) is 8.23. The average molecular weight is 364 g/mol. The summed E-state index contributed by atoms with van der Waals surface area (Å²) in [6.07, 6.45) is 0. The molecule has 27 heavy (non-hydrogen) atoms. The van der Waals surface area contributed by atoms with Gasteiger partial charge in [0.25, 0.3) is 11.6 Å². The van der Waals surface area contributed by atoms with Crippen LogP contribution in [0.25, 0.3) is 11.1 Å². The molecule has 1 aliphatic rings. The number of carbonyl (C=O) groups is 1. The number of hydrogen-bond donors (Lipinski definition) is 4. The third kappa shape index (κ3) is 2.59. The Hall–Kier alpha value is -3.19. The van der Waals surface area contributed by atoms with Crippen LogP contribution < -0.4 is 4.74 Å². The molecule has 0 saturated heterocycles. The van der Waals surface area contributed by atoms with E-state index in [9.17, 15) is 20.1 Å². The van der Waals surface area contributed by atoms with Gasteiger partial charge in [0.05, 0.1) is 5.56 Å². The summed E-state index contributed by atoms with van der Waals surface area (Å²) in [5.74, 6) is -6.35. The molecule has 2 bridgehead atoms. The second-order valence-electron chi connectivity index (χ2n) is 6.38. The summed E-state index contributed by atoms with van der Waals surface area (Å²) in [6, 6.07) is 19.1. The second-order valence-corrected chi connectivity index (χ2v) is 6.38. The molecule has 0 fully saturated rings. The Kier molecular flexibility index (Phi) is 3.78. The highest BCUT2D eigenvalue weighted by Gasteiger charge is 2.57. The van der Waals surface area contributed by atoms with E-state index in [-0.39, 0.29) is 22.4 Å². The smallest absolute Gasteiger partial charge is 0.335 e. The van der Waals surface area contributed by atoms with Crippen LogP contribution in [0.3, 0.4) is 0 Å². The third-order valence-corrected chi connectivity index (χ3v) is 4.69. The largest absolute Gasteiger partial charge is 0.478 e. The molecule has 3 aromatic carbocycles. The van der Waals surface area contributed by atoms with Crippen molar-refractivity contribution < 1.29 is 30.0 Å². The Morgan fingerprint density at radius 3 is 2.37 bits per heavy atom. The maximum atomic E-state index is 11.2. The minimum Gasteiger partial charge on any atom is -0.478 e. The topological polar surface area (TPSA) is 107 Å². The normalized spacial score (nSPS) is 18.2. The number of aromatic carboxylic acids is 1. The molecular formula is C21H16O6. The van der Waals surface area contributed by atoms with Crippen LogP contribution in [-0.4, -0.2) is 26.4 Å². The van der Waals surface area contributed by atoms with Crippen LogP contribution in [0.4, 0.5) is 0 Å². The van der Waals surface area contributed by atoms with Gasteiger partial charge in [0, 0.05) is 11.1 Å². The van der Waals surface area contributed by atoms with Crippen LogP contribution in [0.1, 0.15) is 21.5 Å². The number of fused-ring (bicyclic) bond motifs is 2. The molecule has 1 aliphatic heterocycles. The zero-order chi connectivity index (χ0) is 19.2. The van der Waals surface area contributed by atoms with E-state index in [1.165, 1.54) is 24.3 Å². The maximum Gasteiger partial charge on any atom is 0.335 e. The number of aliphatic hydroxyl groups is 3. The van der Waals surface area contributed by atoms with Crippen molar-refractivity contribution in [1.29, 1.82) is 0 Å². The predicted octanol–water partition coefficient (Wildman–Crippen LogP) is 2.43. The molecule has 6 nitrogen and oxygen atoms in total. The summed E-state index contributed by atoms with van der Waals surface area (Å²) in [5.41, 5.74) is 1.17. The molecule has 0 aromatic heterocycles. The molecule has 1 unspecified atom stereocenters. The van der Waals surface area contributed by atoms with Crippen molar-refractivity contribution in [1.82, 2.24) is 0 Å². The van der Waals surface area contributed by atoms with Gasteiger partial charge >= 0.3 is 5.97 Å². The Morgan fingerprint density at radius 2 is 1.67 bits per heavy atom. The van der Waals surface area contributed by atoms with Crippen molar-refractivity contribution in [3.05, 3.63) is 89.5 Å². The predicted molar refractivity (Wildman–Crippen MR) is 95.9 cm³/mol. The standard InChI is InChI=1S/C21H16O6/c22-19(23)14-7-4-8-15(11-14)20(24,25)21(26)18-12-16(27-21)9-10-17(18)13-5-2-1-3-6-13/h1-12,24-26H,(H,22,23). The number of carboxylic acids is 1. The van der Waals surface area contributed by atoms with Crippen molar-refractivity contribution in [3.8, 4) is 16.9 Å². The molecule has 136 valence electrons. The van der Waals surface area contributed by atoms with Gasteiger partial charge in [0.15, 0.2) is 0 Å². The molecule has 6 heteroatoms. The Bertz CT molecular complexity index is 1030. The van der Waals surface area contributed by atoms with Gasteiger partial charge in [-0.25, -0.2) is 4.79 Å². The number of rotatable bonds is 4. The van der Waals surface area contributed by atoms with Crippen LogP contribution >= 0.6 is 0 Å². The van der Waals surface area contributed by atoms with Crippen molar-refractivity contribution in [3.63, 3.8) is 0 Å². The number of hydrogen-bond acceptors (Lipinski definition) is 5.